The highest BCUT2D eigenvalue weighted by molar-refractivity contribution is 6.13. The molecule has 0 aliphatic carbocycles. The lowest BCUT2D eigenvalue weighted by molar-refractivity contribution is -0.146. The number of ether oxygens (including phenoxy) is 1. The zero-order valence-corrected chi connectivity index (χ0v) is 16.1. The number of esters is 1. The molecule has 5 heteroatoms. The minimum Gasteiger partial charge on any atom is -0.449 e. The van der Waals surface area contributed by atoms with Crippen molar-refractivity contribution in [2.24, 2.45) is 0 Å². The van der Waals surface area contributed by atoms with Crippen molar-refractivity contribution in [3.05, 3.63) is 108 Å². The molecule has 0 bridgehead atoms. The number of ketones is 2. The molecule has 0 amide bonds. The van der Waals surface area contributed by atoms with Gasteiger partial charge in [-0.2, -0.15) is 0 Å². The molecule has 148 valence electrons. The fourth-order valence-corrected chi connectivity index (χ4v) is 3.36. The van der Waals surface area contributed by atoms with Crippen LogP contribution < -0.4 is 0 Å². The Morgan fingerprint density at radius 1 is 0.800 bits per heavy atom. The van der Waals surface area contributed by atoms with Crippen LogP contribution in [-0.4, -0.2) is 22.5 Å². The second-order valence-corrected chi connectivity index (χ2v) is 6.86. The fraction of sp³-hybridized carbons (Fsp3) is 0.0800. The lowest BCUT2D eigenvalue weighted by atomic mass is 9.99. The number of hydrogen-bond donors (Lipinski definition) is 1. The third-order valence-corrected chi connectivity index (χ3v) is 4.84. The molecule has 1 heterocycles. The van der Waals surface area contributed by atoms with Crippen LogP contribution in [0.4, 0.5) is 0 Å². The summed E-state index contributed by atoms with van der Waals surface area (Å²) < 4.78 is 5.51. The van der Waals surface area contributed by atoms with Gasteiger partial charge in [-0.25, -0.2) is 0 Å². The van der Waals surface area contributed by atoms with E-state index in [2.05, 4.69) is 4.98 Å². The molecule has 1 aromatic heterocycles. The molecule has 4 rings (SSSR count). The van der Waals surface area contributed by atoms with E-state index in [0.717, 1.165) is 10.9 Å². The standard InChI is InChI=1S/C25H19NO4/c27-22(20-16-26-21-14-8-7-13-19(20)21)15-23(28)30-25(18-11-5-2-6-12-18)24(29)17-9-3-1-4-10-17/h1-14,16,25-26H,15H2. The number of fused-ring (bicyclic) bond motifs is 1. The molecule has 0 saturated heterocycles. The summed E-state index contributed by atoms with van der Waals surface area (Å²) in [6.45, 7) is 0. The summed E-state index contributed by atoms with van der Waals surface area (Å²) in [5.74, 6) is -1.45. The lowest BCUT2D eigenvalue weighted by Gasteiger charge is -2.17. The quantitative estimate of drug-likeness (QED) is 0.273. The zero-order valence-electron chi connectivity index (χ0n) is 16.1. The van der Waals surface area contributed by atoms with Crippen LogP contribution in [0.15, 0.2) is 91.1 Å². The number of carbonyl (C=O) groups excluding carboxylic acids is 3. The van der Waals surface area contributed by atoms with E-state index in [1.807, 2.05) is 30.3 Å². The van der Waals surface area contributed by atoms with E-state index in [-0.39, 0.29) is 11.6 Å². The van der Waals surface area contributed by atoms with Crippen molar-refractivity contribution in [2.75, 3.05) is 0 Å². The number of Topliss-reactive ketones (excluding diaryl/α,β-unsaturated/α-hetero) is 2. The average Bonchev–Trinajstić information content (AvgIpc) is 3.22. The fourth-order valence-electron chi connectivity index (χ4n) is 3.36. The first-order chi connectivity index (χ1) is 14.6. The van der Waals surface area contributed by atoms with Gasteiger partial charge in [-0.15, -0.1) is 0 Å². The summed E-state index contributed by atoms with van der Waals surface area (Å²) in [6, 6.07) is 24.8. The van der Waals surface area contributed by atoms with Crippen LogP contribution in [0.2, 0.25) is 0 Å². The average molecular weight is 397 g/mol. The lowest BCUT2D eigenvalue weighted by Crippen LogP contribution is -2.21. The van der Waals surface area contributed by atoms with Crippen molar-refractivity contribution in [3.8, 4) is 0 Å². The molecule has 0 saturated carbocycles. The first kappa shape index (κ1) is 19.3. The monoisotopic (exact) mass is 397 g/mol. The van der Waals surface area contributed by atoms with Crippen molar-refractivity contribution in [3.63, 3.8) is 0 Å². The maximum atomic E-state index is 13.0. The van der Waals surface area contributed by atoms with Gasteiger partial charge in [0.25, 0.3) is 0 Å². The van der Waals surface area contributed by atoms with Crippen molar-refractivity contribution in [1.29, 1.82) is 0 Å². The number of carbonyl (C=O) groups is 3. The zero-order chi connectivity index (χ0) is 20.9. The van der Waals surface area contributed by atoms with E-state index in [1.54, 1.807) is 60.8 Å². The maximum Gasteiger partial charge on any atom is 0.314 e. The Labute approximate surface area is 173 Å². The molecule has 1 unspecified atom stereocenters. The van der Waals surface area contributed by atoms with E-state index >= 15 is 0 Å². The normalized spacial score (nSPS) is 11.7. The molecule has 4 aromatic rings. The minimum atomic E-state index is -1.11. The molecular formula is C25H19NO4. The van der Waals surface area contributed by atoms with E-state index in [4.69, 9.17) is 4.74 Å². The highest BCUT2D eigenvalue weighted by atomic mass is 16.5. The van der Waals surface area contributed by atoms with Crippen molar-refractivity contribution < 1.29 is 19.1 Å². The second kappa shape index (κ2) is 8.57. The van der Waals surface area contributed by atoms with Gasteiger partial charge >= 0.3 is 5.97 Å². The number of rotatable bonds is 7. The van der Waals surface area contributed by atoms with Gasteiger partial charge in [0.2, 0.25) is 5.78 Å². The predicted octanol–water partition coefficient (Wildman–Crippen LogP) is 4.91. The molecule has 0 aliphatic rings. The number of H-pyrrole nitrogens is 1. The van der Waals surface area contributed by atoms with Gasteiger partial charge in [0, 0.05) is 33.8 Å². The number of aromatic amines is 1. The third kappa shape index (κ3) is 4.05. The predicted molar refractivity (Wildman–Crippen MR) is 113 cm³/mol. The molecule has 0 fully saturated rings. The Morgan fingerprint density at radius 3 is 2.17 bits per heavy atom. The van der Waals surface area contributed by atoms with Crippen molar-refractivity contribution in [2.45, 2.75) is 12.5 Å². The molecule has 0 aliphatic heterocycles. The molecule has 3 aromatic carbocycles. The van der Waals surface area contributed by atoms with Crippen molar-refractivity contribution in [1.82, 2.24) is 4.98 Å². The van der Waals surface area contributed by atoms with E-state index in [1.165, 1.54) is 0 Å². The SMILES string of the molecule is O=C(CC(=O)c1c[nH]c2ccccc12)OC(C(=O)c1ccccc1)c1ccccc1. The summed E-state index contributed by atoms with van der Waals surface area (Å²) >= 11 is 0. The number of aromatic nitrogens is 1. The van der Waals surface area contributed by atoms with E-state index in [0.29, 0.717) is 16.7 Å². The van der Waals surface area contributed by atoms with Gasteiger partial charge in [-0.05, 0) is 6.07 Å². The largest absolute Gasteiger partial charge is 0.449 e. The molecule has 1 atom stereocenters. The number of benzene rings is 3. The highest BCUT2D eigenvalue weighted by Gasteiger charge is 2.27. The minimum absolute atomic E-state index is 0.338. The molecule has 0 spiro atoms. The number of para-hydroxylation sites is 1. The first-order valence-electron chi connectivity index (χ1n) is 9.56. The van der Waals surface area contributed by atoms with Gasteiger partial charge in [-0.3, -0.25) is 14.4 Å². The highest BCUT2D eigenvalue weighted by Crippen LogP contribution is 2.24. The molecule has 1 N–H and O–H groups in total. The van der Waals surface area contributed by atoms with Gasteiger partial charge in [0.15, 0.2) is 11.9 Å². The Bertz CT molecular complexity index is 1200. The molecule has 0 radical (unpaired) electrons. The van der Waals surface area contributed by atoms with Crippen LogP contribution in [0.25, 0.3) is 10.9 Å². The van der Waals surface area contributed by atoms with Gasteiger partial charge in [0.05, 0.1) is 0 Å². The Hall–Kier alpha value is -3.99. The molecule has 30 heavy (non-hydrogen) atoms. The summed E-state index contributed by atoms with van der Waals surface area (Å²) in [4.78, 5) is 41.3. The summed E-state index contributed by atoms with van der Waals surface area (Å²) in [6.07, 6.45) is 0.0222. The Kier molecular flexibility index (Phi) is 5.52. The van der Waals surface area contributed by atoms with E-state index < -0.39 is 18.5 Å². The number of hydrogen-bond acceptors (Lipinski definition) is 4. The van der Waals surface area contributed by atoms with Crippen LogP contribution in [0.5, 0.6) is 0 Å². The van der Waals surface area contributed by atoms with Gasteiger partial charge in [-0.1, -0.05) is 78.9 Å². The Balaban J connectivity index is 1.54. The van der Waals surface area contributed by atoms with Gasteiger partial charge in [0.1, 0.15) is 6.42 Å². The van der Waals surface area contributed by atoms with Crippen LogP contribution in [-0.2, 0) is 9.53 Å². The Morgan fingerprint density at radius 2 is 1.43 bits per heavy atom. The smallest absolute Gasteiger partial charge is 0.314 e. The number of nitrogens with one attached hydrogen (secondary N) is 1. The van der Waals surface area contributed by atoms with Crippen LogP contribution >= 0.6 is 0 Å². The first-order valence-corrected chi connectivity index (χ1v) is 9.56. The second-order valence-electron chi connectivity index (χ2n) is 6.86. The van der Waals surface area contributed by atoms with Gasteiger partial charge < -0.3 is 9.72 Å². The molecule has 5 nitrogen and oxygen atoms in total. The summed E-state index contributed by atoms with van der Waals surface area (Å²) in [5, 5.41) is 0.746. The maximum absolute atomic E-state index is 13.0. The van der Waals surface area contributed by atoms with Crippen molar-refractivity contribution >= 4 is 28.4 Å². The molecular weight excluding hydrogens is 378 g/mol. The summed E-state index contributed by atoms with van der Waals surface area (Å²) in [7, 11) is 0. The van der Waals surface area contributed by atoms with Crippen LogP contribution in [0.1, 0.15) is 38.8 Å². The third-order valence-electron chi connectivity index (χ3n) is 4.84. The van der Waals surface area contributed by atoms with Crippen LogP contribution in [0.3, 0.4) is 0 Å². The van der Waals surface area contributed by atoms with E-state index in [9.17, 15) is 14.4 Å². The van der Waals surface area contributed by atoms with Crippen LogP contribution in [0, 0.1) is 0 Å². The summed E-state index contributed by atoms with van der Waals surface area (Å²) in [5.41, 5.74) is 2.23. The topological polar surface area (TPSA) is 76.2 Å².